The van der Waals surface area contributed by atoms with Crippen LogP contribution in [-0.4, -0.2) is 7.11 Å². The molecule has 0 saturated carbocycles. The van der Waals surface area contributed by atoms with E-state index in [1.165, 1.54) is 11.1 Å². The summed E-state index contributed by atoms with van der Waals surface area (Å²) >= 11 is 3.53. The Bertz CT molecular complexity index is 623. The normalized spacial score (nSPS) is 10.4. The minimum atomic E-state index is 0.807. The van der Waals surface area contributed by atoms with Crippen LogP contribution in [0, 0.1) is 20.8 Å². The molecule has 0 aliphatic heterocycles. The van der Waals surface area contributed by atoms with Crippen LogP contribution < -0.4 is 10.1 Å². The third kappa shape index (κ3) is 3.15. The van der Waals surface area contributed by atoms with Crippen molar-refractivity contribution >= 4 is 21.6 Å². The maximum atomic E-state index is 5.46. The monoisotopic (exact) mass is 333 g/mol. The molecular formula is C17H20BrNO. The predicted molar refractivity (Wildman–Crippen MR) is 88.7 cm³/mol. The van der Waals surface area contributed by atoms with E-state index < -0.39 is 0 Å². The lowest BCUT2D eigenvalue weighted by molar-refractivity contribution is 0.409. The number of hydrogen-bond acceptors (Lipinski definition) is 2. The van der Waals surface area contributed by atoms with Gasteiger partial charge in [0, 0.05) is 22.3 Å². The molecular weight excluding hydrogens is 314 g/mol. The summed E-state index contributed by atoms with van der Waals surface area (Å²) in [5, 5.41) is 3.48. The Labute approximate surface area is 129 Å². The van der Waals surface area contributed by atoms with Crippen LogP contribution in [0.2, 0.25) is 0 Å². The first-order valence-electron chi connectivity index (χ1n) is 6.66. The summed E-state index contributed by atoms with van der Waals surface area (Å²) in [6.07, 6.45) is 0. The van der Waals surface area contributed by atoms with Crippen molar-refractivity contribution in [2.75, 3.05) is 12.4 Å². The topological polar surface area (TPSA) is 21.3 Å². The number of rotatable bonds is 4. The van der Waals surface area contributed by atoms with E-state index in [9.17, 15) is 0 Å². The molecule has 0 unspecified atom stereocenters. The van der Waals surface area contributed by atoms with E-state index in [2.05, 4.69) is 72.3 Å². The fourth-order valence-electron chi connectivity index (χ4n) is 2.35. The van der Waals surface area contributed by atoms with Gasteiger partial charge < -0.3 is 10.1 Å². The zero-order chi connectivity index (χ0) is 14.7. The third-order valence-electron chi connectivity index (χ3n) is 3.51. The molecule has 0 bridgehead atoms. The van der Waals surface area contributed by atoms with Crippen molar-refractivity contribution in [3.63, 3.8) is 0 Å². The van der Waals surface area contributed by atoms with Gasteiger partial charge in [0.05, 0.1) is 7.11 Å². The zero-order valence-electron chi connectivity index (χ0n) is 12.4. The Morgan fingerprint density at radius 3 is 2.45 bits per heavy atom. The molecule has 1 N–H and O–H groups in total. The molecule has 0 saturated heterocycles. The standard InChI is InChI=1S/C17H20BrNO/c1-11-5-8-16(13(3)17(11)20-4)19-10-14-6-7-15(18)12(2)9-14/h5-9,19H,10H2,1-4H3. The number of methoxy groups -OCH3 is 1. The second-order valence-electron chi connectivity index (χ2n) is 5.03. The molecule has 0 fully saturated rings. The van der Waals surface area contributed by atoms with E-state index in [1.54, 1.807) is 7.11 Å². The molecule has 0 aliphatic rings. The Balaban J connectivity index is 2.16. The van der Waals surface area contributed by atoms with Gasteiger partial charge in [0.2, 0.25) is 0 Å². The molecule has 20 heavy (non-hydrogen) atoms. The highest BCUT2D eigenvalue weighted by Gasteiger charge is 2.07. The molecule has 2 aromatic carbocycles. The van der Waals surface area contributed by atoms with Gasteiger partial charge in [0.15, 0.2) is 0 Å². The summed E-state index contributed by atoms with van der Waals surface area (Å²) in [5.74, 6) is 0.960. The number of halogens is 1. The molecule has 0 aromatic heterocycles. The summed E-state index contributed by atoms with van der Waals surface area (Å²) in [6, 6.07) is 10.6. The fraction of sp³-hybridized carbons (Fsp3) is 0.294. The number of benzene rings is 2. The van der Waals surface area contributed by atoms with Crippen molar-refractivity contribution in [3.05, 3.63) is 57.1 Å². The highest BCUT2D eigenvalue weighted by atomic mass is 79.9. The van der Waals surface area contributed by atoms with Gasteiger partial charge in [0.25, 0.3) is 0 Å². The van der Waals surface area contributed by atoms with E-state index in [4.69, 9.17) is 4.74 Å². The minimum absolute atomic E-state index is 0.807. The smallest absolute Gasteiger partial charge is 0.126 e. The molecule has 0 spiro atoms. The van der Waals surface area contributed by atoms with Gasteiger partial charge in [-0.05, 0) is 49.6 Å². The van der Waals surface area contributed by atoms with Crippen molar-refractivity contribution in [2.24, 2.45) is 0 Å². The summed E-state index contributed by atoms with van der Waals surface area (Å²) in [5.41, 5.74) is 5.96. The third-order valence-corrected chi connectivity index (χ3v) is 4.40. The summed E-state index contributed by atoms with van der Waals surface area (Å²) in [4.78, 5) is 0. The number of ether oxygens (including phenoxy) is 1. The summed E-state index contributed by atoms with van der Waals surface area (Å²) in [6.45, 7) is 7.06. The van der Waals surface area contributed by atoms with Crippen LogP contribution in [0.3, 0.4) is 0 Å². The lowest BCUT2D eigenvalue weighted by Crippen LogP contribution is -2.03. The van der Waals surface area contributed by atoms with Crippen LogP contribution in [0.1, 0.15) is 22.3 Å². The number of nitrogens with one attached hydrogen (secondary N) is 1. The molecule has 3 heteroatoms. The van der Waals surface area contributed by atoms with Crippen molar-refractivity contribution in [1.82, 2.24) is 0 Å². The highest BCUT2D eigenvalue weighted by molar-refractivity contribution is 9.10. The van der Waals surface area contributed by atoms with Gasteiger partial charge >= 0.3 is 0 Å². The van der Waals surface area contributed by atoms with Gasteiger partial charge in [0.1, 0.15) is 5.75 Å². The van der Waals surface area contributed by atoms with Gasteiger partial charge in [-0.3, -0.25) is 0 Å². The largest absolute Gasteiger partial charge is 0.496 e. The molecule has 2 nitrogen and oxygen atoms in total. The minimum Gasteiger partial charge on any atom is -0.496 e. The van der Waals surface area contributed by atoms with Crippen molar-refractivity contribution in [2.45, 2.75) is 27.3 Å². The molecule has 2 rings (SSSR count). The van der Waals surface area contributed by atoms with E-state index in [0.29, 0.717) is 0 Å². The van der Waals surface area contributed by atoms with E-state index in [-0.39, 0.29) is 0 Å². The van der Waals surface area contributed by atoms with Crippen LogP contribution in [0.25, 0.3) is 0 Å². The first-order chi connectivity index (χ1) is 9.52. The maximum absolute atomic E-state index is 5.46. The number of aryl methyl sites for hydroxylation is 2. The van der Waals surface area contributed by atoms with Gasteiger partial charge in [-0.15, -0.1) is 0 Å². The molecule has 0 radical (unpaired) electrons. The first-order valence-corrected chi connectivity index (χ1v) is 7.45. The Kier molecular flexibility index (Phi) is 4.71. The molecule has 0 atom stereocenters. The van der Waals surface area contributed by atoms with Crippen LogP contribution in [0.5, 0.6) is 5.75 Å². The SMILES string of the molecule is COc1c(C)ccc(NCc2ccc(Br)c(C)c2)c1C. The molecule has 106 valence electrons. The molecule has 2 aromatic rings. The van der Waals surface area contributed by atoms with Crippen molar-refractivity contribution < 1.29 is 4.74 Å². The maximum Gasteiger partial charge on any atom is 0.126 e. The first kappa shape index (κ1) is 14.9. The zero-order valence-corrected chi connectivity index (χ0v) is 14.0. The quantitative estimate of drug-likeness (QED) is 0.850. The van der Waals surface area contributed by atoms with Gasteiger partial charge in [-0.25, -0.2) is 0 Å². The van der Waals surface area contributed by atoms with Crippen LogP contribution >= 0.6 is 15.9 Å². The van der Waals surface area contributed by atoms with Gasteiger partial charge in [-0.1, -0.05) is 34.1 Å². The fourth-order valence-corrected chi connectivity index (χ4v) is 2.59. The molecule has 0 amide bonds. The highest BCUT2D eigenvalue weighted by Crippen LogP contribution is 2.29. The van der Waals surface area contributed by atoms with Crippen molar-refractivity contribution in [1.29, 1.82) is 0 Å². The lowest BCUT2D eigenvalue weighted by Gasteiger charge is -2.15. The average Bonchev–Trinajstić information content (AvgIpc) is 2.42. The van der Waals surface area contributed by atoms with E-state index in [0.717, 1.165) is 33.6 Å². The van der Waals surface area contributed by atoms with E-state index in [1.807, 2.05) is 0 Å². The summed E-state index contributed by atoms with van der Waals surface area (Å²) < 4.78 is 6.60. The lowest BCUT2D eigenvalue weighted by atomic mass is 10.1. The number of anilines is 1. The van der Waals surface area contributed by atoms with Crippen LogP contribution in [0.15, 0.2) is 34.8 Å². The van der Waals surface area contributed by atoms with Crippen LogP contribution in [0.4, 0.5) is 5.69 Å². The number of hydrogen-bond donors (Lipinski definition) is 1. The molecule has 0 aliphatic carbocycles. The Morgan fingerprint density at radius 2 is 1.80 bits per heavy atom. The summed E-state index contributed by atoms with van der Waals surface area (Å²) in [7, 11) is 1.72. The van der Waals surface area contributed by atoms with Crippen LogP contribution in [-0.2, 0) is 6.54 Å². The van der Waals surface area contributed by atoms with Crippen molar-refractivity contribution in [3.8, 4) is 5.75 Å². The van der Waals surface area contributed by atoms with E-state index >= 15 is 0 Å². The Hall–Kier alpha value is -1.48. The Morgan fingerprint density at radius 1 is 1.05 bits per heavy atom. The second kappa shape index (κ2) is 6.31. The second-order valence-corrected chi connectivity index (χ2v) is 5.88. The molecule has 0 heterocycles. The predicted octanol–water partition coefficient (Wildman–Crippen LogP) is 5.00. The average molecular weight is 334 g/mol. The van der Waals surface area contributed by atoms with Gasteiger partial charge in [-0.2, -0.15) is 0 Å².